The Bertz CT molecular complexity index is 824. The minimum atomic E-state index is -4.71. The Morgan fingerprint density at radius 3 is 2.46 bits per heavy atom. The number of nitrogens with one attached hydrogen (secondary N) is 1. The number of anilines is 1. The van der Waals surface area contributed by atoms with Gasteiger partial charge in [-0.1, -0.05) is 23.7 Å². The van der Waals surface area contributed by atoms with Gasteiger partial charge in [0.25, 0.3) is 5.91 Å². The maximum Gasteiger partial charge on any atom is 0.417 e. The van der Waals surface area contributed by atoms with Crippen LogP contribution in [0.15, 0.2) is 42.5 Å². The number of halogens is 4. The molecule has 2 aromatic rings. The number of amides is 1. The molecule has 0 bridgehead atoms. The molecule has 0 unspecified atom stereocenters. The SMILES string of the molecule is COc1ccc(NC(=O)COC(=O)c2ccccc2C(F)(F)F)cc1Cl. The van der Waals surface area contributed by atoms with E-state index < -0.39 is 35.8 Å². The lowest BCUT2D eigenvalue weighted by atomic mass is 10.1. The van der Waals surface area contributed by atoms with E-state index in [2.05, 4.69) is 10.1 Å². The molecular formula is C17H13ClF3NO4. The average Bonchev–Trinajstić information content (AvgIpc) is 2.59. The van der Waals surface area contributed by atoms with Crippen LogP contribution in [0.4, 0.5) is 18.9 Å². The van der Waals surface area contributed by atoms with Crippen LogP contribution < -0.4 is 10.1 Å². The van der Waals surface area contributed by atoms with Gasteiger partial charge in [-0.25, -0.2) is 4.79 Å². The fraction of sp³-hybridized carbons (Fsp3) is 0.176. The van der Waals surface area contributed by atoms with Gasteiger partial charge in [-0.15, -0.1) is 0 Å². The van der Waals surface area contributed by atoms with Crippen LogP contribution in [0.3, 0.4) is 0 Å². The Morgan fingerprint density at radius 1 is 1.15 bits per heavy atom. The van der Waals surface area contributed by atoms with Crippen molar-refractivity contribution in [1.82, 2.24) is 0 Å². The Kier molecular flexibility index (Phi) is 6.10. The summed E-state index contributed by atoms with van der Waals surface area (Å²) in [5.41, 5.74) is -1.49. The number of rotatable bonds is 5. The Morgan fingerprint density at radius 2 is 1.85 bits per heavy atom. The second kappa shape index (κ2) is 8.09. The fourth-order valence-electron chi connectivity index (χ4n) is 2.06. The second-order valence-corrected chi connectivity index (χ2v) is 5.42. The van der Waals surface area contributed by atoms with E-state index in [9.17, 15) is 22.8 Å². The highest BCUT2D eigenvalue weighted by molar-refractivity contribution is 6.32. The molecular weight excluding hydrogens is 375 g/mol. The van der Waals surface area contributed by atoms with Gasteiger partial charge in [-0.05, 0) is 30.3 Å². The van der Waals surface area contributed by atoms with Gasteiger partial charge < -0.3 is 14.8 Å². The maximum atomic E-state index is 12.9. The smallest absolute Gasteiger partial charge is 0.417 e. The van der Waals surface area contributed by atoms with Crippen molar-refractivity contribution >= 4 is 29.2 Å². The van der Waals surface area contributed by atoms with Crippen molar-refractivity contribution < 1.29 is 32.2 Å². The quantitative estimate of drug-likeness (QED) is 0.782. The minimum Gasteiger partial charge on any atom is -0.495 e. The standard InChI is InChI=1S/C17H13ClF3NO4/c1-25-14-7-6-10(8-13(14)18)22-15(23)9-26-16(24)11-4-2-3-5-12(11)17(19,20)21/h2-8H,9H2,1H3,(H,22,23). The van der Waals surface area contributed by atoms with Crippen molar-refractivity contribution in [1.29, 1.82) is 0 Å². The molecule has 0 aliphatic heterocycles. The van der Waals surface area contributed by atoms with Gasteiger partial charge >= 0.3 is 12.1 Å². The van der Waals surface area contributed by atoms with Crippen molar-refractivity contribution in [2.45, 2.75) is 6.18 Å². The molecule has 0 saturated carbocycles. The van der Waals surface area contributed by atoms with E-state index in [-0.39, 0.29) is 5.02 Å². The molecule has 0 fully saturated rings. The number of hydrogen-bond donors (Lipinski definition) is 1. The minimum absolute atomic E-state index is 0.251. The Hall–Kier alpha value is -2.74. The summed E-state index contributed by atoms with van der Waals surface area (Å²) >= 11 is 5.91. The molecule has 0 aromatic heterocycles. The lowest BCUT2D eigenvalue weighted by molar-refractivity contribution is -0.138. The van der Waals surface area contributed by atoms with Gasteiger partial charge in [-0.2, -0.15) is 13.2 Å². The molecule has 0 atom stereocenters. The number of esters is 1. The van der Waals surface area contributed by atoms with E-state index in [0.717, 1.165) is 18.2 Å². The third-order valence-electron chi connectivity index (χ3n) is 3.22. The predicted molar refractivity (Wildman–Crippen MR) is 88.4 cm³/mol. The van der Waals surface area contributed by atoms with E-state index in [1.165, 1.54) is 31.4 Å². The summed E-state index contributed by atoms with van der Waals surface area (Å²) in [6.07, 6.45) is -4.71. The molecule has 2 rings (SSSR count). The van der Waals surface area contributed by atoms with E-state index in [4.69, 9.17) is 16.3 Å². The van der Waals surface area contributed by atoms with Crippen LogP contribution in [0.25, 0.3) is 0 Å². The van der Waals surface area contributed by atoms with Crippen molar-refractivity contribution in [2.75, 3.05) is 19.0 Å². The summed E-state index contributed by atoms with van der Waals surface area (Å²) in [7, 11) is 1.43. The molecule has 138 valence electrons. The summed E-state index contributed by atoms with van der Waals surface area (Å²) in [6, 6.07) is 8.60. The van der Waals surface area contributed by atoms with Crippen LogP contribution in [-0.4, -0.2) is 25.6 Å². The Labute approximate surface area is 151 Å². The van der Waals surface area contributed by atoms with Gasteiger partial charge in [0, 0.05) is 5.69 Å². The largest absolute Gasteiger partial charge is 0.495 e. The topological polar surface area (TPSA) is 64.6 Å². The summed E-state index contributed by atoms with van der Waals surface area (Å²) in [6.45, 7) is -0.755. The molecule has 0 aliphatic carbocycles. The highest BCUT2D eigenvalue weighted by atomic mass is 35.5. The molecule has 26 heavy (non-hydrogen) atoms. The third-order valence-corrected chi connectivity index (χ3v) is 3.52. The molecule has 1 N–H and O–H groups in total. The molecule has 0 radical (unpaired) electrons. The van der Waals surface area contributed by atoms with E-state index in [1.807, 2.05) is 0 Å². The number of benzene rings is 2. The van der Waals surface area contributed by atoms with Gasteiger partial charge in [0.2, 0.25) is 0 Å². The number of alkyl halides is 3. The zero-order valence-electron chi connectivity index (χ0n) is 13.4. The molecule has 5 nitrogen and oxygen atoms in total. The summed E-state index contributed by atoms with van der Waals surface area (Å²) in [5, 5.41) is 2.66. The molecule has 1 amide bonds. The van der Waals surface area contributed by atoms with Crippen molar-refractivity contribution in [3.63, 3.8) is 0 Å². The van der Waals surface area contributed by atoms with Gasteiger partial charge in [0.15, 0.2) is 6.61 Å². The van der Waals surface area contributed by atoms with Crippen LogP contribution in [0.1, 0.15) is 15.9 Å². The number of carbonyl (C=O) groups excluding carboxylic acids is 2. The molecule has 2 aromatic carbocycles. The van der Waals surface area contributed by atoms with Crippen LogP contribution in [0.5, 0.6) is 5.75 Å². The number of carbonyl (C=O) groups is 2. The first kappa shape index (κ1) is 19.6. The predicted octanol–water partition coefficient (Wildman–Crippen LogP) is 4.16. The zero-order valence-corrected chi connectivity index (χ0v) is 14.1. The van der Waals surface area contributed by atoms with E-state index >= 15 is 0 Å². The average molecular weight is 388 g/mol. The summed E-state index contributed by atoms with van der Waals surface area (Å²) < 4.78 is 48.3. The summed E-state index contributed by atoms with van der Waals surface area (Å²) in [4.78, 5) is 23.7. The zero-order chi connectivity index (χ0) is 19.3. The summed E-state index contributed by atoms with van der Waals surface area (Å²) in [5.74, 6) is -1.58. The van der Waals surface area contributed by atoms with Gasteiger partial charge in [0.1, 0.15) is 5.75 Å². The number of hydrogen-bond acceptors (Lipinski definition) is 4. The second-order valence-electron chi connectivity index (χ2n) is 5.02. The van der Waals surface area contributed by atoms with E-state index in [1.54, 1.807) is 0 Å². The molecule has 9 heteroatoms. The van der Waals surface area contributed by atoms with Crippen LogP contribution in [0.2, 0.25) is 5.02 Å². The Balaban J connectivity index is 2.00. The van der Waals surface area contributed by atoms with E-state index in [0.29, 0.717) is 11.4 Å². The first-order valence-corrected chi connectivity index (χ1v) is 7.57. The van der Waals surface area contributed by atoms with Crippen molar-refractivity contribution in [3.8, 4) is 5.75 Å². The monoisotopic (exact) mass is 387 g/mol. The molecule has 0 spiro atoms. The normalized spacial score (nSPS) is 11.0. The van der Waals surface area contributed by atoms with Crippen LogP contribution in [-0.2, 0) is 15.7 Å². The maximum absolute atomic E-state index is 12.9. The van der Waals surface area contributed by atoms with Crippen LogP contribution >= 0.6 is 11.6 Å². The van der Waals surface area contributed by atoms with Crippen molar-refractivity contribution in [3.05, 3.63) is 58.6 Å². The lowest BCUT2D eigenvalue weighted by Gasteiger charge is -2.12. The lowest BCUT2D eigenvalue weighted by Crippen LogP contribution is -2.22. The van der Waals surface area contributed by atoms with Crippen LogP contribution in [0, 0.1) is 0 Å². The highest BCUT2D eigenvalue weighted by Gasteiger charge is 2.35. The fourth-order valence-corrected chi connectivity index (χ4v) is 2.32. The molecule has 0 saturated heterocycles. The number of methoxy groups -OCH3 is 1. The first-order chi connectivity index (χ1) is 12.2. The van der Waals surface area contributed by atoms with Gasteiger partial charge in [0.05, 0.1) is 23.3 Å². The van der Waals surface area contributed by atoms with Crippen molar-refractivity contribution in [2.24, 2.45) is 0 Å². The first-order valence-electron chi connectivity index (χ1n) is 7.19. The molecule has 0 aliphatic rings. The highest BCUT2D eigenvalue weighted by Crippen LogP contribution is 2.32. The van der Waals surface area contributed by atoms with Gasteiger partial charge in [-0.3, -0.25) is 4.79 Å². The molecule has 0 heterocycles. The number of ether oxygens (including phenoxy) is 2. The third kappa shape index (κ3) is 4.89.